The van der Waals surface area contributed by atoms with Crippen LogP contribution in [0.2, 0.25) is 0 Å². The van der Waals surface area contributed by atoms with Crippen LogP contribution in [0.4, 0.5) is 15.8 Å². The SMILES string of the molecule is Fc1cc(NCC2C3CN(Cc4cccc5ccccc45)CC23)ccc1N1CCOCC1. The normalized spacial score (nSPS) is 25.2. The Morgan fingerprint density at radius 2 is 1.72 bits per heavy atom. The molecule has 2 saturated heterocycles. The van der Waals surface area contributed by atoms with Crippen molar-refractivity contribution in [2.75, 3.05) is 56.2 Å². The number of benzene rings is 3. The summed E-state index contributed by atoms with van der Waals surface area (Å²) in [6, 6.07) is 20.9. The Hall–Kier alpha value is -2.63. The minimum Gasteiger partial charge on any atom is -0.385 e. The van der Waals surface area contributed by atoms with E-state index in [1.165, 1.54) is 29.4 Å². The molecule has 4 nitrogen and oxygen atoms in total. The van der Waals surface area contributed by atoms with Gasteiger partial charge in [0.05, 0.1) is 18.9 Å². The monoisotopic (exact) mass is 431 g/mol. The number of nitrogens with one attached hydrogen (secondary N) is 1. The average Bonchev–Trinajstić information content (AvgIpc) is 3.29. The van der Waals surface area contributed by atoms with Gasteiger partial charge in [0, 0.05) is 45.0 Å². The molecule has 0 bridgehead atoms. The lowest BCUT2D eigenvalue weighted by Gasteiger charge is -2.29. The van der Waals surface area contributed by atoms with Crippen molar-refractivity contribution in [2.24, 2.45) is 17.8 Å². The third-order valence-electron chi connectivity index (χ3n) is 7.56. The largest absolute Gasteiger partial charge is 0.385 e. The first-order valence-corrected chi connectivity index (χ1v) is 11.8. The fraction of sp³-hybridized carbons (Fsp3) is 0.407. The van der Waals surface area contributed by atoms with Crippen molar-refractivity contribution in [1.29, 1.82) is 0 Å². The van der Waals surface area contributed by atoms with E-state index in [0.717, 1.165) is 43.7 Å². The number of halogens is 1. The van der Waals surface area contributed by atoms with Crippen LogP contribution in [0, 0.1) is 23.6 Å². The van der Waals surface area contributed by atoms with Crippen molar-refractivity contribution in [3.05, 3.63) is 72.0 Å². The van der Waals surface area contributed by atoms with Gasteiger partial charge in [-0.05, 0) is 52.3 Å². The molecule has 3 aliphatic rings. The number of nitrogens with zero attached hydrogens (tertiary/aromatic N) is 2. The van der Waals surface area contributed by atoms with Gasteiger partial charge in [0.25, 0.3) is 0 Å². The maximum absolute atomic E-state index is 14.6. The first-order valence-electron chi connectivity index (χ1n) is 11.8. The van der Waals surface area contributed by atoms with Gasteiger partial charge >= 0.3 is 0 Å². The van der Waals surface area contributed by atoms with Crippen molar-refractivity contribution >= 4 is 22.1 Å². The zero-order chi connectivity index (χ0) is 21.5. The second kappa shape index (κ2) is 8.38. The van der Waals surface area contributed by atoms with E-state index >= 15 is 0 Å². The van der Waals surface area contributed by atoms with Crippen LogP contribution in [0.1, 0.15) is 5.56 Å². The van der Waals surface area contributed by atoms with Crippen LogP contribution >= 0.6 is 0 Å². The number of hydrogen-bond acceptors (Lipinski definition) is 4. The Morgan fingerprint density at radius 1 is 0.938 bits per heavy atom. The molecule has 2 unspecified atom stereocenters. The average molecular weight is 432 g/mol. The third kappa shape index (κ3) is 3.84. The molecule has 2 heterocycles. The summed E-state index contributed by atoms with van der Waals surface area (Å²) in [7, 11) is 0. The van der Waals surface area contributed by atoms with Crippen LogP contribution in [-0.4, -0.2) is 50.8 Å². The minimum atomic E-state index is -0.144. The second-order valence-electron chi connectivity index (χ2n) is 9.47. The highest BCUT2D eigenvalue weighted by atomic mass is 19.1. The molecule has 2 aliphatic heterocycles. The van der Waals surface area contributed by atoms with E-state index in [4.69, 9.17) is 4.74 Å². The molecule has 0 spiro atoms. The molecule has 3 aromatic rings. The maximum atomic E-state index is 14.6. The number of morpholine rings is 1. The van der Waals surface area contributed by atoms with Gasteiger partial charge in [-0.15, -0.1) is 0 Å². The number of likely N-dealkylation sites (tertiary alicyclic amines) is 1. The maximum Gasteiger partial charge on any atom is 0.148 e. The summed E-state index contributed by atoms with van der Waals surface area (Å²) in [6.45, 7) is 7.16. The molecule has 1 N–H and O–H groups in total. The fourth-order valence-corrected chi connectivity index (χ4v) is 5.75. The molecule has 32 heavy (non-hydrogen) atoms. The lowest BCUT2D eigenvalue weighted by Crippen LogP contribution is -2.36. The van der Waals surface area contributed by atoms with E-state index in [1.54, 1.807) is 6.07 Å². The summed E-state index contributed by atoms with van der Waals surface area (Å²) in [4.78, 5) is 4.67. The number of piperidine rings is 1. The van der Waals surface area contributed by atoms with Crippen molar-refractivity contribution in [3.63, 3.8) is 0 Å². The van der Waals surface area contributed by atoms with E-state index in [1.807, 2.05) is 12.1 Å². The Bertz CT molecular complexity index is 1100. The third-order valence-corrected chi connectivity index (χ3v) is 7.56. The smallest absolute Gasteiger partial charge is 0.148 e. The summed E-state index contributed by atoms with van der Waals surface area (Å²) in [6.07, 6.45) is 0. The van der Waals surface area contributed by atoms with Gasteiger partial charge in [-0.1, -0.05) is 42.5 Å². The molecule has 2 atom stereocenters. The van der Waals surface area contributed by atoms with Gasteiger partial charge in [-0.3, -0.25) is 4.90 Å². The molecule has 3 aromatic carbocycles. The number of fused-ring (bicyclic) bond motifs is 2. The molecule has 0 radical (unpaired) electrons. The van der Waals surface area contributed by atoms with Crippen molar-refractivity contribution in [2.45, 2.75) is 6.54 Å². The number of hydrogen-bond donors (Lipinski definition) is 1. The molecule has 3 fully saturated rings. The molecule has 6 rings (SSSR count). The lowest BCUT2D eigenvalue weighted by atomic mass is 10.0. The van der Waals surface area contributed by atoms with E-state index in [2.05, 4.69) is 57.6 Å². The van der Waals surface area contributed by atoms with Gasteiger partial charge in [-0.25, -0.2) is 4.39 Å². The molecule has 0 aromatic heterocycles. The van der Waals surface area contributed by atoms with E-state index in [-0.39, 0.29) is 5.82 Å². The lowest BCUT2D eigenvalue weighted by molar-refractivity contribution is 0.122. The van der Waals surface area contributed by atoms with Gasteiger partial charge in [-0.2, -0.15) is 0 Å². The van der Waals surface area contributed by atoms with Gasteiger partial charge in [0.15, 0.2) is 0 Å². The number of anilines is 2. The zero-order valence-electron chi connectivity index (χ0n) is 18.3. The van der Waals surface area contributed by atoms with Gasteiger partial charge in [0.1, 0.15) is 5.82 Å². The summed E-state index contributed by atoms with van der Waals surface area (Å²) in [5.74, 6) is 2.11. The highest BCUT2D eigenvalue weighted by Gasteiger charge is 2.54. The summed E-state index contributed by atoms with van der Waals surface area (Å²) in [5.41, 5.74) is 3.00. The molecule has 166 valence electrons. The topological polar surface area (TPSA) is 27.7 Å². The minimum absolute atomic E-state index is 0.144. The van der Waals surface area contributed by atoms with E-state index < -0.39 is 0 Å². The molecular weight excluding hydrogens is 401 g/mol. The second-order valence-corrected chi connectivity index (χ2v) is 9.47. The van der Waals surface area contributed by atoms with Crippen molar-refractivity contribution in [3.8, 4) is 0 Å². The Kier molecular flexibility index (Phi) is 5.24. The van der Waals surface area contributed by atoms with Crippen LogP contribution in [0.25, 0.3) is 10.8 Å². The van der Waals surface area contributed by atoms with E-state index in [0.29, 0.717) is 24.8 Å². The highest BCUT2D eigenvalue weighted by Crippen LogP contribution is 2.52. The van der Waals surface area contributed by atoms with E-state index in [9.17, 15) is 4.39 Å². The number of rotatable bonds is 6. The van der Waals surface area contributed by atoms with Crippen LogP contribution in [0.15, 0.2) is 60.7 Å². The standard InChI is InChI=1S/C27H30FN3O/c28-26-14-21(8-9-27(26)31-10-12-32-13-11-31)29-15-23-24-17-30(18-25(23)24)16-20-6-3-5-19-4-1-2-7-22(19)20/h1-9,14,23-25,29H,10-13,15-18H2. The van der Waals surface area contributed by atoms with Crippen molar-refractivity contribution in [1.82, 2.24) is 4.90 Å². The first kappa shape index (κ1) is 20.0. The van der Waals surface area contributed by atoms with Crippen LogP contribution < -0.4 is 10.2 Å². The quantitative estimate of drug-likeness (QED) is 0.617. The molecule has 1 aliphatic carbocycles. The summed E-state index contributed by atoms with van der Waals surface area (Å²) < 4.78 is 20.0. The molecule has 5 heteroatoms. The van der Waals surface area contributed by atoms with Crippen LogP contribution in [-0.2, 0) is 11.3 Å². The first-order chi connectivity index (χ1) is 15.8. The van der Waals surface area contributed by atoms with Gasteiger partial charge in [0.2, 0.25) is 0 Å². The predicted molar refractivity (Wildman–Crippen MR) is 128 cm³/mol. The Labute approximate surface area is 189 Å². The molecular formula is C27H30FN3O. The summed E-state index contributed by atoms with van der Waals surface area (Å²) >= 11 is 0. The fourth-order valence-electron chi connectivity index (χ4n) is 5.75. The Morgan fingerprint density at radius 3 is 2.53 bits per heavy atom. The van der Waals surface area contributed by atoms with Crippen molar-refractivity contribution < 1.29 is 9.13 Å². The number of ether oxygens (including phenoxy) is 1. The predicted octanol–water partition coefficient (Wildman–Crippen LogP) is 4.61. The van der Waals surface area contributed by atoms with Crippen LogP contribution in [0.5, 0.6) is 0 Å². The summed E-state index contributed by atoms with van der Waals surface area (Å²) in [5, 5.41) is 6.19. The zero-order valence-corrected chi connectivity index (χ0v) is 18.3. The molecule has 1 saturated carbocycles. The highest BCUT2D eigenvalue weighted by molar-refractivity contribution is 5.85. The van der Waals surface area contributed by atoms with Crippen LogP contribution in [0.3, 0.4) is 0 Å². The Balaban J connectivity index is 1.02. The molecule has 0 amide bonds. The van der Waals surface area contributed by atoms with Gasteiger partial charge < -0.3 is 15.0 Å².